The first-order valence-electron chi connectivity index (χ1n) is 9.27. The van der Waals surface area contributed by atoms with Crippen molar-refractivity contribution in [3.05, 3.63) is 54.3 Å². The Balaban J connectivity index is 1.45. The molecule has 1 heterocycles. The maximum absolute atomic E-state index is 12.9. The number of hydrogen-bond donors (Lipinski definition) is 2. The molecule has 1 aliphatic heterocycles. The molecule has 0 aromatic heterocycles. The van der Waals surface area contributed by atoms with Crippen LogP contribution < -0.4 is 15.4 Å². The van der Waals surface area contributed by atoms with Crippen molar-refractivity contribution in [1.82, 2.24) is 4.90 Å². The van der Waals surface area contributed by atoms with Crippen LogP contribution in [-0.2, 0) is 9.59 Å². The van der Waals surface area contributed by atoms with Crippen LogP contribution in [0, 0.1) is 11.7 Å². The molecule has 2 aromatic rings. The maximum Gasteiger partial charge on any atom is 0.238 e. The Labute approximate surface area is 163 Å². The molecule has 0 bridgehead atoms. The Morgan fingerprint density at radius 1 is 1.07 bits per heavy atom. The topological polar surface area (TPSA) is 70.7 Å². The number of nitrogens with zero attached hydrogens (tertiary/aromatic N) is 1. The van der Waals surface area contributed by atoms with Crippen LogP contribution in [-0.4, -0.2) is 43.5 Å². The summed E-state index contributed by atoms with van der Waals surface area (Å²) >= 11 is 0. The Morgan fingerprint density at radius 3 is 2.43 bits per heavy atom. The predicted octanol–water partition coefficient (Wildman–Crippen LogP) is 3.12. The number of anilines is 2. The van der Waals surface area contributed by atoms with Gasteiger partial charge in [-0.15, -0.1) is 0 Å². The van der Waals surface area contributed by atoms with E-state index in [0.717, 1.165) is 0 Å². The van der Waals surface area contributed by atoms with E-state index in [1.165, 1.54) is 24.3 Å². The summed E-state index contributed by atoms with van der Waals surface area (Å²) < 4.78 is 18.2. The SMILES string of the molecule is COc1ccccc1NC(=O)C1CCN(CC(=O)Nc2ccc(F)cc2)CC1. The number of carbonyl (C=O) groups excluding carboxylic acids is 2. The van der Waals surface area contributed by atoms with Gasteiger partial charge in [0.15, 0.2) is 0 Å². The van der Waals surface area contributed by atoms with E-state index in [4.69, 9.17) is 4.74 Å². The van der Waals surface area contributed by atoms with Crippen molar-refractivity contribution in [2.75, 3.05) is 37.4 Å². The third-order valence-electron chi connectivity index (χ3n) is 4.82. The normalized spacial score (nSPS) is 15.1. The fraction of sp³-hybridized carbons (Fsp3) is 0.333. The monoisotopic (exact) mass is 385 g/mol. The van der Waals surface area contributed by atoms with Crippen LogP contribution in [0.5, 0.6) is 5.75 Å². The summed E-state index contributed by atoms with van der Waals surface area (Å²) in [7, 11) is 1.57. The average molecular weight is 385 g/mol. The van der Waals surface area contributed by atoms with Gasteiger partial charge in [0.05, 0.1) is 19.3 Å². The molecule has 1 fully saturated rings. The molecular formula is C21H24FN3O3. The highest BCUT2D eigenvalue weighted by molar-refractivity contribution is 5.94. The van der Waals surface area contributed by atoms with Crippen LogP contribution in [0.4, 0.5) is 15.8 Å². The number of amides is 2. The van der Waals surface area contributed by atoms with E-state index in [1.54, 1.807) is 13.2 Å². The summed E-state index contributed by atoms with van der Waals surface area (Å²) in [5, 5.41) is 5.69. The number of piperidine rings is 1. The lowest BCUT2D eigenvalue weighted by molar-refractivity contribution is -0.121. The zero-order valence-corrected chi connectivity index (χ0v) is 15.8. The molecule has 2 N–H and O–H groups in total. The number of para-hydroxylation sites is 2. The number of benzene rings is 2. The first-order valence-corrected chi connectivity index (χ1v) is 9.27. The van der Waals surface area contributed by atoms with E-state index in [9.17, 15) is 14.0 Å². The number of hydrogen-bond acceptors (Lipinski definition) is 4. The number of carbonyl (C=O) groups is 2. The molecule has 0 aliphatic carbocycles. The van der Waals surface area contributed by atoms with E-state index in [-0.39, 0.29) is 30.1 Å². The van der Waals surface area contributed by atoms with Crippen LogP contribution in [0.2, 0.25) is 0 Å². The van der Waals surface area contributed by atoms with Crippen LogP contribution in [0.3, 0.4) is 0 Å². The molecule has 28 heavy (non-hydrogen) atoms. The fourth-order valence-electron chi connectivity index (χ4n) is 3.27. The molecule has 0 spiro atoms. The lowest BCUT2D eigenvalue weighted by Gasteiger charge is -2.30. The van der Waals surface area contributed by atoms with Crippen LogP contribution in [0.25, 0.3) is 0 Å². The van der Waals surface area contributed by atoms with Gasteiger partial charge in [0.2, 0.25) is 11.8 Å². The second-order valence-electron chi connectivity index (χ2n) is 6.80. The van der Waals surface area contributed by atoms with E-state index >= 15 is 0 Å². The number of methoxy groups -OCH3 is 1. The maximum atomic E-state index is 12.9. The molecule has 2 aromatic carbocycles. The fourth-order valence-corrected chi connectivity index (χ4v) is 3.27. The molecule has 1 aliphatic rings. The van der Waals surface area contributed by atoms with Crippen LogP contribution >= 0.6 is 0 Å². The molecule has 2 amide bonds. The van der Waals surface area contributed by atoms with E-state index in [1.807, 2.05) is 23.1 Å². The van der Waals surface area contributed by atoms with Crippen molar-refractivity contribution in [2.45, 2.75) is 12.8 Å². The number of ether oxygens (including phenoxy) is 1. The first-order chi connectivity index (χ1) is 13.5. The van der Waals surface area contributed by atoms with Crippen LogP contribution in [0.1, 0.15) is 12.8 Å². The van der Waals surface area contributed by atoms with Gasteiger partial charge in [0.1, 0.15) is 11.6 Å². The summed E-state index contributed by atoms with van der Waals surface area (Å²) in [6, 6.07) is 13.0. The minimum atomic E-state index is -0.341. The summed E-state index contributed by atoms with van der Waals surface area (Å²) in [5.41, 5.74) is 1.23. The zero-order chi connectivity index (χ0) is 19.9. The number of halogens is 1. The second kappa shape index (κ2) is 9.32. The molecule has 0 unspecified atom stereocenters. The van der Waals surface area contributed by atoms with Gasteiger partial charge in [-0.05, 0) is 62.3 Å². The number of rotatable bonds is 6. The van der Waals surface area contributed by atoms with Gasteiger partial charge in [0.25, 0.3) is 0 Å². The second-order valence-corrected chi connectivity index (χ2v) is 6.80. The molecule has 0 radical (unpaired) electrons. The van der Waals surface area contributed by atoms with Crippen molar-refractivity contribution in [3.8, 4) is 5.75 Å². The average Bonchev–Trinajstić information content (AvgIpc) is 2.70. The molecule has 3 rings (SSSR count). The smallest absolute Gasteiger partial charge is 0.238 e. The standard InChI is InChI=1S/C21H24FN3O3/c1-28-19-5-3-2-4-18(19)24-21(27)15-10-12-25(13-11-15)14-20(26)23-17-8-6-16(22)7-9-17/h2-9,15H,10-14H2,1H3,(H,23,26)(H,24,27). The van der Waals surface area contributed by atoms with Crippen molar-refractivity contribution >= 4 is 23.2 Å². The summed E-state index contributed by atoms with van der Waals surface area (Å²) in [6.07, 6.45) is 1.37. The summed E-state index contributed by atoms with van der Waals surface area (Å²) in [4.78, 5) is 26.7. The van der Waals surface area contributed by atoms with E-state index < -0.39 is 0 Å². The molecule has 1 saturated heterocycles. The van der Waals surface area contributed by atoms with Gasteiger partial charge in [0, 0.05) is 11.6 Å². The molecular weight excluding hydrogens is 361 g/mol. The molecule has 7 heteroatoms. The highest BCUT2D eigenvalue weighted by atomic mass is 19.1. The minimum Gasteiger partial charge on any atom is -0.495 e. The van der Waals surface area contributed by atoms with Gasteiger partial charge in [-0.2, -0.15) is 0 Å². The third kappa shape index (κ3) is 5.29. The molecule has 148 valence electrons. The summed E-state index contributed by atoms with van der Waals surface area (Å²) in [6.45, 7) is 1.58. The zero-order valence-electron chi connectivity index (χ0n) is 15.8. The highest BCUT2D eigenvalue weighted by Gasteiger charge is 2.26. The Bertz CT molecular complexity index is 818. The quantitative estimate of drug-likeness (QED) is 0.802. The van der Waals surface area contributed by atoms with Gasteiger partial charge >= 0.3 is 0 Å². The van der Waals surface area contributed by atoms with E-state index in [2.05, 4.69) is 10.6 Å². The lowest BCUT2D eigenvalue weighted by Crippen LogP contribution is -2.41. The highest BCUT2D eigenvalue weighted by Crippen LogP contribution is 2.25. The van der Waals surface area contributed by atoms with E-state index in [0.29, 0.717) is 43.1 Å². The van der Waals surface area contributed by atoms with Crippen molar-refractivity contribution in [1.29, 1.82) is 0 Å². The number of nitrogens with one attached hydrogen (secondary N) is 2. The minimum absolute atomic E-state index is 0.0279. The number of likely N-dealkylation sites (tertiary alicyclic amines) is 1. The summed E-state index contributed by atoms with van der Waals surface area (Å²) in [5.74, 6) is 0.0157. The van der Waals surface area contributed by atoms with Crippen molar-refractivity contribution in [2.24, 2.45) is 5.92 Å². The predicted molar refractivity (Wildman–Crippen MR) is 106 cm³/mol. The van der Waals surface area contributed by atoms with Gasteiger partial charge in [-0.3, -0.25) is 14.5 Å². The van der Waals surface area contributed by atoms with Gasteiger partial charge in [-0.25, -0.2) is 4.39 Å². The lowest BCUT2D eigenvalue weighted by atomic mass is 9.95. The molecule has 0 atom stereocenters. The van der Waals surface area contributed by atoms with Crippen LogP contribution in [0.15, 0.2) is 48.5 Å². The van der Waals surface area contributed by atoms with Gasteiger partial charge < -0.3 is 15.4 Å². The third-order valence-corrected chi connectivity index (χ3v) is 4.82. The molecule has 0 saturated carbocycles. The van der Waals surface area contributed by atoms with Crippen molar-refractivity contribution < 1.29 is 18.7 Å². The largest absolute Gasteiger partial charge is 0.495 e. The Hall–Kier alpha value is -2.93. The Morgan fingerprint density at radius 2 is 1.75 bits per heavy atom. The van der Waals surface area contributed by atoms with Crippen molar-refractivity contribution in [3.63, 3.8) is 0 Å². The first kappa shape index (κ1) is 19.8. The Kier molecular flexibility index (Phi) is 6.60. The van der Waals surface area contributed by atoms with Gasteiger partial charge in [-0.1, -0.05) is 12.1 Å². The molecule has 6 nitrogen and oxygen atoms in total.